The minimum atomic E-state index is -0.543. The summed E-state index contributed by atoms with van der Waals surface area (Å²) < 4.78 is 0. The molecule has 0 spiro atoms. The van der Waals surface area contributed by atoms with Crippen molar-refractivity contribution in [2.75, 3.05) is 11.9 Å². The minimum Gasteiger partial charge on any atom is -0.326 e. The first-order chi connectivity index (χ1) is 12.5. The summed E-state index contributed by atoms with van der Waals surface area (Å²) in [6.07, 6.45) is 4.88. The molecule has 1 saturated carbocycles. The van der Waals surface area contributed by atoms with Crippen LogP contribution in [0, 0.1) is 33.8 Å². The van der Waals surface area contributed by atoms with E-state index in [-0.39, 0.29) is 54.1 Å². The fourth-order valence-corrected chi connectivity index (χ4v) is 4.32. The average molecular weight is 355 g/mol. The summed E-state index contributed by atoms with van der Waals surface area (Å²) in [4.78, 5) is 48.6. The number of amides is 3. The Hall–Kier alpha value is -3.03. The van der Waals surface area contributed by atoms with Crippen LogP contribution in [0.15, 0.2) is 36.4 Å². The van der Waals surface area contributed by atoms with Gasteiger partial charge in [-0.25, -0.2) is 0 Å². The Morgan fingerprint density at radius 3 is 2.46 bits per heavy atom. The topological polar surface area (TPSA) is 110 Å². The molecule has 1 saturated heterocycles. The van der Waals surface area contributed by atoms with Crippen molar-refractivity contribution in [1.29, 1.82) is 0 Å². The van der Waals surface area contributed by atoms with Crippen LogP contribution in [0.4, 0.5) is 11.4 Å². The van der Waals surface area contributed by atoms with Gasteiger partial charge in [0.25, 0.3) is 5.69 Å². The summed E-state index contributed by atoms with van der Waals surface area (Å²) in [7, 11) is 0. The molecule has 8 heteroatoms. The number of benzene rings is 1. The maximum absolute atomic E-state index is 12.5. The molecule has 2 aliphatic carbocycles. The van der Waals surface area contributed by atoms with Gasteiger partial charge in [-0.05, 0) is 24.3 Å². The third kappa shape index (κ3) is 2.58. The van der Waals surface area contributed by atoms with E-state index in [1.165, 1.54) is 23.1 Å². The van der Waals surface area contributed by atoms with Crippen LogP contribution >= 0.6 is 0 Å². The third-order valence-corrected chi connectivity index (χ3v) is 5.46. The van der Waals surface area contributed by atoms with Crippen molar-refractivity contribution in [1.82, 2.24) is 4.90 Å². The summed E-state index contributed by atoms with van der Waals surface area (Å²) in [5.74, 6) is -1.01. The standard InChI is InChI=1S/C18H17N3O5/c22-14(19-12-2-1-3-13(9-12)21(25)26)6-7-20-17(23)15-10-4-5-11(8-10)16(15)18(20)24/h1-5,9-11,15-16H,6-8H2,(H,19,22)/t10-,11+,15-,16+. The SMILES string of the molecule is O=C(CCN1C(=O)[C@@H]2[C@H](C1=O)[C@@H]1C=C[C@H]2C1)Nc1cccc([N+](=O)[O-])c1. The minimum absolute atomic E-state index is 0.0326. The zero-order chi connectivity index (χ0) is 18.4. The molecule has 1 heterocycles. The number of fused-ring (bicyclic) bond motifs is 5. The second kappa shape index (κ2) is 6.05. The van der Waals surface area contributed by atoms with Crippen molar-refractivity contribution >= 4 is 29.1 Å². The molecule has 0 radical (unpaired) electrons. The molecule has 1 aliphatic heterocycles. The van der Waals surface area contributed by atoms with Gasteiger partial charge in [0.15, 0.2) is 0 Å². The molecule has 2 bridgehead atoms. The van der Waals surface area contributed by atoms with Crippen molar-refractivity contribution < 1.29 is 19.3 Å². The lowest BCUT2D eigenvalue weighted by Gasteiger charge is -2.16. The number of imide groups is 1. The van der Waals surface area contributed by atoms with Crippen LogP contribution < -0.4 is 5.32 Å². The van der Waals surface area contributed by atoms with Crippen molar-refractivity contribution in [2.24, 2.45) is 23.7 Å². The number of allylic oxidation sites excluding steroid dienone is 2. The molecule has 2 fully saturated rings. The van der Waals surface area contributed by atoms with Crippen LogP contribution in [0.5, 0.6) is 0 Å². The number of nitro groups is 1. The van der Waals surface area contributed by atoms with E-state index in [9.17, 15) is 24.5 Å². The van der Waals surface area contributed by atoms with Crippen LogP contribution in [0.1, 0.15) is 12.8 Å². The first-order valence-corrected chi connectivity index (χ1v) is 8.53. The van der Waals surface area contributed by atoms with E-state index in [0.29, 0.717) is 5.69 Å². The number of nitro benzene ring substituents is 1. The number of non-ortho nitro benzene ring substituents is 1. The zero-order valence-corrected chi connectivity index (χ0v) is 13.8. The van der Waals surface area contributed by atoms with Gasteiger partial charge in [-0.15, -0.1) is 0 Å². The summed E-state index contributed by atoms with van der Waals surface area (Å²) in [5, 5.41) is 13.3. The highest BCUT2D eigenvalue weighted by Gasteiger charge is 2.58. The maximum atomic E-state index is 12.5. The van der Waals surface area contributed by atoms with Gasteiger partial charge in [0.05, 0.1) is 16.8 Å². The van der Waals surface area contributed by atoms with E-state index >= 15 is 0 Å². The highest BCUT2D eigenvalue weighted by Crippen LogP contribution is 2.52. The van der Waals surface area contributed by atoms with Gasteiger partial charge in [0.1, 0.15) is 0 Å². The van der Waals surface area contributed by atoms with Gasteiger partial charge in [-0.3, -0.25) is 29.4 Å². The highest BCUT2D eigenvalue weighted by atomic mass is 16.6. The molecule has 1 aromatic rings. The molecule has 0 aromatic heterocycles. The molecule has 1 N–H and O–H groups in total. The summed E-state index contributed by atoms with van der Waals surface area (Å²) in [6, 6.07) is 5.62. The number of nitrogens with one attached hydrogen (secondary N) is 1. The maximum Gasteiger partial charge on any atom is 0.271 e. The second-order valence-electron chi connectivity index (χ2n) is 6.93. The number of carbonyl (C=O) groups is 3. The number of hydrogen-bond acceptors (Lipinski definition) is 5. The molecule has 0 unspecified atom stereocenters. The molecular weight excluding hydrogens is 338 g/mol. The Kier molecular flexibility index (Phi) is 3.82. The Balaban J connectivity index is 1.37. The molecule has 3 amide bonds. The van der Waals surface area contributed by atoms with Crippen LogP contribution in [0.3, 0.4) is 0 Å². The predicted octanol–water partition coefficient (Wildman–Crippen LogP) is 1.73. The number of hydrogen-bond donors (Lipinski definition) is 1. The first-order valence-electron chi connectivity index (χ1n) is 8.53. The summed E-state index contributed by atoms with van der Waals surface area (Å²) in [6.45, 7) is 0.0326. The number of likely N-dealkylation sites (tertiary alicyclic amines) is 1. The molecule has 3 aliphatic rings. The molecule has 4 rings (SSSR count). The second-order valence-corrected chi connectivity index (χ2v) is 6.93. The van der Waals surface area contributed by atoms with Gasteiger partial charge >= 0.3 is 0 Å². The van der Waals surface area contributed by atoms with E-state index in [1.807, 2.05) is 12.2 Å². The fraction of sp³-hybridized carbons (Fsp3) is 0.389. The van der Waals surface area contributed by atoms with Gasteiger partial charge < -0.3 is 5.32 Å². The van der Waals surface area contributed by atoms with E-state index in [4.69, 9.17) is 0 Å². The largest absolute Gasteiger partial charge is 0.326 e. The number of nitrogens with zero attached hydrogens (tertiary/aromatic N) is 2. The molecule has 134 valence electrons. The van der Waals surface area contributed by atoms with Gasteiger partial charge in [-0.2, -0.15) is 0 Å². The van der Waals surface area contributed by atoms with Crippen molar-refractivity contribution in [2.45, 2.75) is 12.8 Å². The Morgan fingerprint density at radius 2 is 1.85 bits per heavy atom. The smallest absolute Gasteiger partial charge is 0.271 e. The molecule has 8 nitrogen and oxygen atoms in total. The quantitative estimate of drug-likeness (QED) is 0.374. The van der Waals surface area contributed by atoms with Gasteiger partial charge in [0.2, 0.25) is 17.7 Å². The Bertz CT molecular complexity index is 819. The van der Waals surface area contributed by atoms with Crippen LogP contribution in [-0.2, 0) is 14.4 Å². The number of anilines is 1. The van der Waals surface area contributed by atoms with E-state index in [2.05, 4.69) is 5.32 Å². The zero-order valence-electron chi connectivity index (χ0n) is 13.8. The van der Waals surface area contributed by atoms with Gasteiger partial charge in [-0.1, -0.05) is 18.2 Å². The van der Waals surface area contributed by atoms with Crippen molar-refractivity contribution in [3.63, 3.8) is 0 Å². The predicted molar refractivity (Wildman–Crippen MR) is 90.8 cm³/mol. The Morgan fingerprint density at radius 1 is 1.19 bits per heavy atom. The van der Waals surface area contributed by atoms with Crippen LogP contribution in [0.2, 0.25) is 0 Å². The van der Waals surface area contributed by atoms with E-state index < -0.39 is 10.8 Å². The lowest BCUT2D eigenvalue weighted by Crippen LogP contribution is -2.35. The number of carbonyl (C=O) groups excluding carboxylic acids is 3. The fourth-order valence-electron chi connectivity index (χ4n) is 4.32. The van der Waals surface area contributed by atoms with Crippen LogP contribution in [-0.4, -0.2) is 34.1 Å². The molecule has 26 heavy (non-hydrogen) atoms. The first kappa shape index (κ1) is 16.4. The van der Waals surface area contributed by atoms with Crippen molar-refractivity contribution in [3.8, 4) is 0 Å². The summed E-state index contributed by atoms with van der Waals surface area (Å²) in [5.41, 5.74) is 0.186. The van der Waals surface area contributed by atoms with Crippen molar-refractivity contribution in [3.05, 3.63) is 46.5 Å². The normalized spacial score (nSPS) is 28.5. The van der Waals surface area contributed by atoms with Crippen LogP contribution in [0.25, 0.3) is 0 Å². The average Bonchev–Trinajstić information content (AvgIpc) is 3.28. The van der Waals surface area contributed by atoms with Gasteiger partial charge in [0, 0.05) is 30.8 Å². The monoisotopic (exact) mass is 355 g/mol. The lowest BCUT2D eigenvalue weighted by molar-refractivity contribution is -0.384. The highest BCUT2D eigenvalue weighted by molar-refractivity contribution is 6.06. The van der Waals surface area contributed by atoms with E-state index in [1.54, 1.807) is 6.07 Å². The molecule has 4 atom stereocenters. The number of rotatable bonds is 5. The molecular formula is C18H17N3O5. The molecule has 1 aromatic carbocycles. The third-order valence-electron chi connectivity index (χ3n) is 5.46. The Labute approximate surface area is 149 Å². The lowest BCUT2D eigenvalue weighted by atomic mass is 9.85. The summed E-state index contributed by atoms with van der Waals surface area (Å²) >= 11 is 0. The van der Waals surface area contributed by atoms with E-state index in [0.717, 1.165) is 6.42 Å².